The third-order valence-corrected chi connectivity index (χ3v) is 5.95. The van der Waals surface area contributed by atoms with Gasteiger partial charge in [-0.25, -0.2) is 4.98 Å². The van der Waals surface area contributed by atoms with Gasteiger partial charge in [0, 0.05) is 30.9 Å². The third kappa shape index (κ3) is 3.92. The van der Waals surface area contributed by atoms with E-state index in [2.05, 4.69) is 15.2 Å². The molecule has 1 amide bonds. The van der Waals surface area contributed by atoms with Crippen LogP contribution in [0.2, 0.25) is 0 Å². The highest BCUT2D eigenvalue weighted by Gasteiger charge is 2.39. The van der Waals surface area contributed by atoms with Gasteiger partial charge < -0.3 is 10.1 Å². The lowest BCUT2D eigenvalue weighted by Gasteiger charge is -2.48. The number of benzene rings is 1. The average Bonchev–Trinajstić information content (AvgIpc) is 3.24. The molecule has 0 bridgehead atoms. The van der Waals surface area contributed by atoms with Gasteiger partial charge >= 0.3 is 0 Å². The Kier molecular flexibility index (Phi) is 5.55. The SMILES string of the molecule is O=C(NCC1(N2CCOCC2)CCCCC1)c1cncn1-c1ccccc1. The number of nitrogens with zero attached hydrogens (tertiary/aromatic N) is 3. The molecule has 0 radical (unpaired) electrons. The molecule has 1 aromatic carbocycles. The van der Waals surface area contributed by atoms with Crippen LogP contribution in [0.1, 0.15) is 42.6 Å². The largest absolute Gasteiger partial charge is 0.379 e. The molecule has 6 nitrogen and oxygen atoms in total. The van der Waals surface area contributed by atoms with Gasteiger partial charge in [-0.3, -0.25) is 14.3 Å². The van der Waals surface area contributed by atoms with E-state index in [1.54, 1.807) is 12.5 Å². The fraction of sp³-hybridized carbons (Fsp3) is 0.524. The van der Waals surface area contributed by atoms with Crippen molar-refractivity contribution in [3.05, 3.63) is 48.5 Å². The number of ether oxygens (including phenoxy) is 1. The maximum Gasteiger partial charge on any atom is 0.269 e. The molecule has 144 valence electrons. The number of imidazole rings is 1. The van der Waals surface area contributed by atoms with Crippen LogP contribution in [0.3, 0.4) is 0 Å². The second kappa shape index (κ2) is 8.23. The number of carbonyl (C=O) groups excluding carboxylic acids is 1. The number of carbonyl (C=O) groups is 1. The molecule has 2 aromatic rings. The predicted molar refractivity (Wildman–Crippen MR) is 104 cm³/mol. The van der Waals surface area contributed by atoms with E-state index < -0.39 is 0 Å². The topological polar surface area (TPSA) is 59.4 Å². The first kappa shape index (κ1) is 18.2. The summed E-state index contributed by atoms with van der Waals surface area (Å²) < 4.78 is 7.39. The number of para-hydroxylation sites is 1. The molecule has 2 fully saturated rings. The van der Waals surface area contributed by atoms with Gasteiger partial charge in [-0.15, -0.1) is 0 Å². The van der Waals surface area contributed by atoms with Crippen LogP contribution in [0.4, 0.5) is 0 Å². The van der Waals surface area contributed by atoms with E-state index in [0.29, 0.717) is 12.2 Å². The molecule has 1 saturated heterocycles. The average molecular weight is 368 g/mol. The molecular weight excluding hydrogens is 340 g/mol. The fourth-order valence-electron chi connectivity index (χ4n) is 4.45. The van der Waals surface area contributed by atoms with Crippen molar-refractivity contribution < 1.29 is 9.53 Å². The Morgan fingerprint density at radius 2 is 1.85 bits per heavy atom. The van der Waals surface area contributed by atoms with Gasteiger partial charge in [0.2, 0.25) is 0 Å². The Balaban J connectivity index is 1.48. The molecule has 0 atom stereocenters. The second-order valence-electron chi connectivity index (χ2n) is 7.55. The number of hydrogen-bond acceptors (Lipinski definition) is 4. The van der Waals surface area contributed by atoms with E-state index in [-0.39, 0.29) is 11.4 Å². The first-order valence-electron chi connectivity index (χ1n) is 9.97. The summed E-state index contributed by atoms with van der Waals surface area (Å²) >= 11 is 0. The molecule has 2 heterocycles. The summed E-state index contributed by atoms with van der Waals surface area (Å²) in [6.45, 7) is 4.17. The molecule has 1 aliphatic heterocycles. The monoisotopic (exact) mass is 368 g/mol. The summed E-state index contributed by atoms with van der Waals surface area (Å²) in [6.07, 6.45) is 9.38. The first-order valence-corrected chi connectivity index (χ1v) is 9.97. The fourth-order valence-corrected chi connectivity index (χ4v) is 4.45. The molecule has 6 heteroatoms. The van der Waals surface area contributed by atoms with Gasteiger partial charge in [0.15, 0.2) is 0 Å². The van der Waals surface area contributed by atoms with E-state index in [0.717, 1.165) is 44.8 Å². The van der Waals surface area contributed by atoms with Crippen molar-refractivity contribution in [2.75, 3.05) is 32.8 Å². The molecule has 27 heavy (non-hydrogen) atoms. The normalized spacial score (nSPS) is 20.3. The third-order valence-electron chi connectivity index (χ3n) is 5.95. The number of morpholine rings is 1. The van der Waals surface area contributed by atoms with Crippen LogP contribution in [0.25, 0.3) is 5.69 Å². The zero-order chi connectivity index (χ0) is 18.5. The van der Waals surface area contributed by atoms with Gasteiger partial charge in [0.25, 0.3) is 5.91 Å². The van der Waals surface area contributed by atoms with Crippen LogP contribution in [0, 0.1) is 0 Å². The Bertz CT molecular complexity index is 747. The van der Waals surface area contributed by atoms with Crippen molar-refractivity contribution in [3.63, 3.8) is 0 Å². The summed E-state index contributed by atoms with van der Waals surface area (Å²) in [7, 11) is 0. The standard InChI is InChI=1S/C21H28N4O2/c26-20(19-15-22-17-25(19)18-7-3-1-4-8-18)23-16-21(9-5-2-6-10-21)24-11-13-27-14-12-24/h1,3-4,7-8,15,17H,2,5-6,9-14,16H2,(H,23,26). The zero-order valence-electron chi connectivity index (χ0n) is 15.8. The highest BCUT2D eigenvalue weighted by atomic mass is 16.5. The molecular formula is C21H28N4O2. The molecule has 0 spiro atoms. The van der Waals surface area contributed by atoms with Crippen molar-refractivity contribution in [3.8, 4) is 5.69 Å². The number of amides is 1. The molecule has 1 saturated carbocycles. The minimum atomic E-state index is -0.0606. The van der Waals surface area contributed by atoms with Gasteiger partial charge in [-0.2, -0.15) is 0 Å². The molecule has 1 aliphatic carbocycles. The predicted octanol–water partition coefficient (Wildman–Crippen LogP) is 2.64. The van der Waals surface area contributed by atoms with E-state index in [1.165, 1.54) is 19.3 Å². The quantitative estimate of drug-likeness (QED) is 0.881. The van der Waals surface area contributed by atoms with Crippen LogP contribution in [-0.4, -0.2) is 58.7 Å². The number of rotatable bonds is 5. The minimum Gasteiger partial charge on any atom is -0.379 e. The lowest BCUT2D eigenvalue weighted by atomic mass is 9.79. The molecule has 4 rings (SSSR count). The minimum absolute atomic E-state index is 0.0606. The van der Waals surface area contributed by atoms with Gasteiger partial charge in [-0.05, 0) is 25.0 Å². The van der Waals surface area contributed by atoms with Gasteiger partial charge in [-0.1, -0.05) is 37.5 Å². The summed E-state index contributed by atoms with van der Waals surface area (Å²) in [5, 5.41) is 3.22. The summed E-state index contributed by atoms with van der Waals surface area (Å²) in [4.78, 5) is 19.7. The van der Waals surface area contributed by atoms with Crippen molar-refractivity contribution in [1.29, 1.82) is 0 Å². The van der Waals surface area contributed by atoms with Crippen LogP contribution in [0.5, 0.6) is 0 Å². The number of nitrogens with one attached hydrogen (secondary N) is 1. The van der Waals surface area contributed by atoms with Crippen LogP contribution in [0.15, 0.2) is 42.9 Å². The Morgan fingerprint density at radius 1 is 1.11 bits per heavy atom. The maximum atomic E-state index is 13.0. The van der Waals surface area contributed by atoms with Crippen LogP contribution < -0.4 is 5.32 Å². The van der Waals surface area contributed by atoms with E-state index in [1.807, 2.05) is 34.9 Å². The lowest BCUT2D eigenvalue weighted by Crippen LogP contribution is -2.59. The van der Waals surface area contributed by atoms with E-state index in [4.69, 9.17) is 4.74 Å². The van der Waals surface area contributed by atoms with E-state index >= 15 is 0 Å². The van der Waals surface area contributed by atoms with E-state index in [9.17, 15) is 4.79 Å². The highest BCUT2D eigenvalue weighted by Crippen LogP contribution is 2.34. The molecule has 2 aliphatic rings. The van der Waals surface area contributed by atoms with Gasteiger partial charge in [0.1, 0.15) is 5.69 Å². The maximum absolute atomic E-state index is 13.0. The molecule has 1 aromatic heterocycles. The first-order chi connectivity index (χ1) is 13.3. The summed E-state index contributed by atoms with van der Waals surface area (Å²) in [6, 6.07) is 9.86. The van der Waals surface area contributed by atoms with Crippen molar-refractivity contribution in [2.45, 2.75) is 37.6 Å². The van der Waals surface area contributed by atoms with Crippen molar-refractivity contribution >= 4 is 5.91 Å². The highest BCUT2D eigenvalue weighted by molar-refractivity contribution is 5.93. The van der Waals surface area contributed by atoms with Gasteiger partial charge in [0.05, 0.1) is 25.7 Å². The summed E-state index contributed by atoms with van der Waals surface area (Å²) in [5.41, 5.74) is 1.59. The summed E-state index contributed by atoms with van der Waals surface area (Å²) in [5.74, 6) is -0.0606. The van der Waals surface area contributed by atoms with Crippen molar-refractivity contribution in [1.82, 2.24) is 19.8 Å². The Hall–Kier alpha value is -2.18. The lowest BCUT2D eigenvalue weighted by molar-refractivity contribution is -0.0361. The molecule has 0 unspecified atom stereocenters. The zero-order valence-corrected chi connectivity index (χ0v) is 15.8. The van der Waals surface area contributed by atoms with Crippen molar-refractivity contribution in [2.24, 2.45) is 0 Å². The Labute approximate surface area is 160 Å². The van der Waals surface area contributed by atoms with Crippen LogP contribution >= 0.6 is 0 Å². The number of hydrogen-bond donors (Lipinski definition) is 1. The second-order valence-corrected chi connectivity index (χ2v) is 7.55. The molecule has 1 N–H and O–H groups in total. The van der Waals surface area contributed by atoms with Crippen LogP contribution in [-0.2, 0) is 4.74 Å². The Morgan fingerprint density at radius 3 is 2.59 bits per heavy atom. The number of aromatic nitrogens is 2. The smallest absolute Gasteiger partial charge is 0.269 e.